The third kappa shape index (κ3) is 1.58. The van der Waals surface area contributed by atoms with Crippen LogP contribution in [0.2, 0.25) is 0 Å². The Bertz CT molecular complexity index is 502. The number of aryl methyl sites for hydroxylation is 1. The minimum absolute atomic E-state index is 0.353. The molecule has 2 aromatic rings. The molecule has 0 spiro atoms. The summed E-state index contributed by atoms with van der Waals surface area (Å²) in [6, 6.07) is 5.81. The van der Waals surface area contributed by atoms with Gasteiger partial charge in [-0.3, -0.25) is 0 Å². The quantitative estimate of drug-likeness (QED) is 0.716. The number of para-hydroxylation sites is 1. The molecule has 0 aliphatic heterocycles. The zero-order valence-corrected chi connectivity index (χ0v) is 8.73. The van der Waals surface area contributed by atoms with Crippen LogP contribution in [-0.4, -0.2) is 22.5 Å². The molecule has 4 nitrogen and oxygen atoms in total. The number of benzene rings is 1. The van der Waals surface area contributed by atoms with Crippen molar-refractivity contribution in [2.45, 2.75) is 13.8 Å². The van der Waals surface area contributed by atoms with E-state index in [-0.39, 0.29) is 0 Å². The molecule has 15 heavy (non-hydrogen) atoms. The Kier molecular flexibility index (Phi) is 2.41. The van der Waals surface area contributed by atoms with Crippen LogP contribution in [0.4, 0.5) is 4.79 Å². The lowest BCUT2D eigenvalue weighted by atomic mass is 10.2. The first kappa shape index (κ1) is 9.71. The van der Waals surface area contributed by atoms with Crippen LogP contribution in [0.5, 0.6) is 0 Å². The second-order valence-corrected chi connectivity index (χ2v) is 3.27. The topological polar surface area (TPSA) is 44.1 Å². The highest BCUT2D eigenvalue weighted by Gasteiger charge is 2.12. The number of ether oxygens (including phenoxy) is 1. The maximum absolute atomic E-state index is 11.6. The van der Waals surface area contributed by atoms with Crippen molar-refractivity contribution in [1.82, 2.24) is 9.78 Å². The lowest BCUT2D eigenvalue weighted by Gasteiger charge is -2.03. The molecular formula is C11H12N2O2. The van der Waals surface area contributed by atoms with Crippen molar-refractivity contribution in [3.63, 3.8) is 0 Å². The van der Waals surface area contributed by atoms with Crippen molar-refractivity contribution in [3.8, 4) is 0 Å². The molecule has 0 radical (unpaired) electrons. The zero-order valence-electron chi connectivity index (χ0n) is 8.73. The normalized spacial score (nSPS) is 10.5. The van der Waals surface area contributed by atoms with Gasteiger partial charge in [-0.05, 0) is 19.4 Å². The second kappa shape index (κ2) is 3.73. The fourth-order valence-electron chi connectivity index (χ4n) is 1.58. The van der Waals surface area contributed by atoms with Crippen LogP contribution < -0.4 is 0 Å². The standard InChI is InChI=1S/C11H12N2O2/c1-3-15-11(14)13-10-8(2)5-4-6-9(10)7-12-13/h4-7H,3H2,1-2H3. The summed E-state index contributed by atoms with van der Waals surface area (Å²) in [6.45, 7) is 4.07. The van der Waals surface area contributed by atoms with E-state index in [4.69, 9.17) is 4.74 Å². The first-order chi connectivity index (χ1) is 7.24. The molecule has 0 atom stereocenters. The van der Waals surface area contributed by atoms with E-state index in [1.165, 1.54) is 4.68 Å². The summed E-state index contributed by atoms with van der Waals surface area (Å²) in [6.07, 6.45) is 1.24. The van der Waals surface area contributed by atoms with E-state index >= 15 is 0 Å². The lowest BCUT2D eigenvalue weighted by molar-refractivity contribution is 0.151. The van der Waals surface area contributed by atoms with Crippen molar-refractivity contribution < 1.29 is 9.53 Å². The summed E-state index contributed by atoms with van der Waals surface area (Å²) < 4.78 is 6.21. The third-order valence-corrected chi connectivity index (χ3v) is 2.23. The predicted molar refractivity (Wildman–Crippen MR) is 56.9 cm³/mol. The molecule has 0 bridgehead atoms. The Morgan fingerprint density at radius 1 is 1.53 bits per heavy atom. The van der Waals surface area contributed by atoms with E-state index in [1.807, 2.05) is 25.1 Å². The molecule has 0 N–H and O–H groups in total. The Labute approximate surface area is 87.5 Å². The Hall–Kier alpha value is -1.84. The summed E-state index contributed by atoms with van der Waals surface area (Å²) in [5, 5.41) is 4.96. The number of rotatable bonds is 1. The molecule has 0 unspecified atom stereocenters. The highest BCUT2D eigenvalue weighted by atomic mass is 16.5. The number of nitrogens with zero attached hydrogens (tertiary/aromatic N) is 2. The van der Waals surface area contributed by atoms with Gasteiger partial charge in [-0.25, -0.2) is 4.79 Å². The van der Waals surface area contributed by atoms with Crippen molar-refractivity contribution in [2.24, 2.45) is 0 Å². The number of aromatic nitrogens is 2. The summed E-state index contributed by atoms with van der Waals surface area (Å²) >= 11 is 0. The van der Waals surface area contributed by atoms with Crippen molar-refractivity contribution >= 4 is 17.0 Å². The molecular weight excluding hydrogens is 192 g/mol. The maximum Gasteiger partial charge on any atom is 0.435 e. The average molecular weight is 204 g/mol. The van der Waals surface area contributed by atoms with Crippen molar-refractivity contribution in [2.75, 3.05) is 6.61 Å². The van der Waals surface area contributed by atoms with Crippen LogP contribution in [0.1, 0.15) is 12.5 Å². The molecule has 2 rings (SSSR count). The van der Waals surface area contributed by atoms with E-state index in [2.05, 4.69) is 5.10 Å². The first-order valence-electron chi connectivity index (χ1n) is 4.84. The third-order valence-electron chi connectivity index (χ3n) is 2.23. The number of carbonyl (C=O) groups excluding carboxylic acids is 1. The Morgan fingerprint density at radius 2 is 2.33 bits per heavy atom. The minimum atomic E-state index is -0.429. The van der Waals surface area contributed by atoms with Gasteiger partial charge < -0.3 is 4.74 Å². The lowest BCUT2D eigenvalue weighted by Crippen LogP contribution is -2.15. The van der Waals surface area contributed by atoms with Gasteiger partial charge in [0, 0.05) is 5.39 Å². The summed E-state index contributed by atoms with van der Waals surface area (Å²) in [4.78, 5) is 11.6. The van der Waals surface area contributed by atoms with Gasteiger partial charge in [0.15, 0.2) is 0 Å². The average Bonchev–Trinajstić information content (AvgIpc) is 2.63. The van der Waals surface area contributed by atoms with Crippen LogP contribution in [0, 0.1) is 6.92 Å². The summed E-state index contributed by atoms with van der Waals surface area (Å²) in [5.41, 5.74) is 1.83. The number of hydrogen-bond acceptors (Lipinski definition) is 3. The van der Waals surface area contributed by atoms with Crippen LogP contribution in [0.3, 0.4) is 0 Å². The van der Waals surface area contributed by atoms with E-state index in [0.29, 0.717) is 6.61 Å². The molecule has 1 aromatic carbocycles. The largest absolute Gasteiger partial charge is 0.448 e. The predicted octanol–water partition coefficient (Wildman–Crippen LogP) is 2.35. The molecule has 1 heterocycles. The molecule has 0 aliphatic rings. The second-order valence-electron chi connectivity index (χ2n) is 3.27. The van der Waals surface area contributed by atoms with Crippen LogP contribution in [0.15, 0.2) is 24.4 Å². The van der Waals surface area contributed by atoms with Gasteiger partial charge in [0.05, 0.1) is 18.3 Å². The number of hydrogen-bond donors (Lipinski definition) is 0. The molecule has 78 valence electrons. The van der Waals surface area contributed by atoms with Crippen LogP contribution >= 0.6 is 0 Å². The number of fused-ring (bicyclic) bond motifs is 1. The van der Waals surface area contributed by atoms with Gasteiger partial charge in [0.25, 0.3) is 0 Å². The van der Waals surface area contributed by atoms with Gasteiger partial charge in [-0.1, -0.05) is 18.2 Å². The smallest absolute Gasteiger partial charge is 0.435 e. The van der Waals surface area contributed by atoms with Gasteiger partial charge in [-0.2, -0.15) is 9.78 Å². The molecule has 0 fully saturated rings. The Morgan fingerprint density at radius 3 is 3.07 bits per heavy atom. The first-order valence-corrected chi connectivity index (χ1v) is 4.84. The monoisotopic (exact) mass is 204 g/mol. The Balaban J connectivity index is 2.57. The van der Waals surface area contributed by atoms with Gasteiger partial charge in [0.1, 0.15) is 0 Å². The van der Waals surface area contributed by atoms with Crippen LogP contribution in [0.25, 0.3) is 10.9 Å². The van der Waals surface area contributed by atoms with Gasteiger partial charge in [0.2, 0.25) is 0 Å². The minimum Gasteiger partial charge on any atom is -0.448 e. The number of carbonyl (C=O) groups is 1. The SMILES string of the molecule is CCOC(=O)n1ncc2cccc(C)c21. The van der Waals surface area contributed by atoms with Gasteiger partial charge in [-0.15, -0.1) is 0 Å². The van der Waals surface area contributed by atoms with Crippen LogP contribution in [-0.2, 0) is 4.74 Å². The molecule has 1 aromatic heterocycles. The van der Waals surface area contributed by atoms with Gasteiger partial charge >= 0.3 is 6.09 Å². The summed E-state index contributed by atoms with van der Waals surface area (Å²) in [7, 11) is 0. The van der Waals surface area contributed by atoms with Crippen molar-refractivity contribution in [1.29, 1.82) is 0 Å². The fourth-order valence-corrected chi connectivity index (χ4v) is 1.58. The van der Waals surface area contributed by atoms with E-state index in [9.17, 15) is 4.79 Å². The highest BCUT2D eigenvalue weighted by molar-refractivity contribution is 5.89. The zero-order chi connectivity index (χ0) is 10.8. The van der Waals surface area contributed by atoms with E-state index < -0.39 is 6.09 Å². The molecule has 0 amide bonds. The summed E-state index contributed by atoms with van der Waals surface area (Å²) in [5.74, 6) is 0. The van der Waals surface area contributed by atoms with E-state index in [0.717, 1.165) is 16.5 Å². The molecule has 0 saturated carbocycles. The molecule has 0 saturated heterocycles. The highest BCUT2D eigenvalue weighted by Crippen LogP contribution is 2.17. The van der Waals surface area contributed by atoms with E-state index in [1.54, 1.807) is 13.1 Å². The maximum atomic E-state index is 11.6. The molecule has 0 aliphatic carbocycles. The van der Waals surface area contributed by atoms with Crippen molar-refractivity contribution in [3.05, 3.63) is 30.0 Å². The fraction of sp³-hybridized carbons (Fsp3) is 0.273. The molecule has 4 heteroatoms.